The Labute approximate surface area is 779 Å². The van der Waals surface area contributed by atoms with E-state index in [1.807, 2.05) is 138 Å². The summed E-state index contributed by atoms with van der Waals surface area (Å²) in [6.45, 7) is 24.6. The van der Waals surface area contributed by atoms with E-state index in [4.69, 9.17) is 48.1 Å². The van der Waals surface area contributed by atoms with Gasteiger partial charge in [0.2, 0.25) is 17.7 Å². The first-order valence-corrected chi connectivity index (χ1v) is 46.9. The van der Waals surface area contributed by atoms with Gasteiger partial charge in [-0.05, 0) is 183 Å². The number of ether oxygens (including phenoxy) is 7. The molecular formula is C99H128FN15O19. The molecule has 6 aromatic rings. The molecule has 15 rings (SSSR count). The van der Waals surface area contributed by atoms with Crippen LogP contribution in [0.15, 0.2) is 109 Å². The van der Waals surface area contributed by atoms with Crippen molar-refractivity contribution < 1.29 is 95.1 Å². The predicted molar refractivity (Wildman–Crippen MR) is 495 cm³/mol. The van der Waals surface area contributed by atoms with Crippen LogP contribution in [0.2, 0.25) is 0 Å². The molecule has 9 aliphatic rings. The number of esters is 3. The molecule has 35 heteroatoms. The monoisotopic (exact) mass is 1850 g/mol. The van der Waals surface area contributed by atoms with E-state index in [1.165, 1.54) is 22.0 Å². The van der Waals surface area contributed by atoms with Crippen molar-refractivity contribution in [2.45, 2.75) is 246 Å². The number of amides is 9. The summed E-state index contributed by atoms with van der Waals surface area (Å²) >= 11 is 0. The Morgan fingerprint density at radius 2 is 0.687 bits per heavy atom. The van der Waals surface area contributed by atoms with Crippen LogP contribution in [0.1, 0.15) is 219 Å². The molecule has 15 bridgehead atoms. The van der Waals surface area contributed by atoms with Gasteiger partial charge in [0.15, 0.2) is 24.1 Å². The van der Waals surface area contributed by atoms with Gasteiger partial charge < -0.3 is 65.1 Å². The average Bonchev–Trinajstić information content (AvgIpc) is 0.817. The smallest absolute Gasteiger partial charge is 0.321 e. The molecule has 6 fully saturated rings. The third-order valence-electron chi connectivity index (χ3n) is 26.4. The SMILES string of the molecule is CC1CCC2(/C=C/c3ccc4ccc(nc4c3)[C@@H](C)NC(=O)[C@@H]3CCCN(N3)C(=O)[C@H](C)NC(=O)[C@@H](C(C)C)OC2=O)CC1.CC1NC(=O)[C@@H]2CCCN(N2)C(=O)[C@H](C)NC(=O)[C@H](C(C)C)OC(=O)C2(/C=C/c3ccc4ccc1nc4c3)COCOC2.CCC1(CF)OCC2(/C=C/c3ccc4ccc(nc4c3)[C@@H](C)NC(=O)[C@@H]3CCCN(N3)C(=O)[C@H](C)NC(=O)[C@H](C(C)C)OC2=O)CO1. The van der Waals surface area contributed by atoms with E-state index in [-0.39, 0.29) is 87.2 Å². The Bertz CT molecular complexity index is 5450. The van der Waals surface area contributed by atoms with Crippen molar-refractivity contribution >= 4 is 122 Å². The third-order valence-corrected chi connectivity index (χ3v) is 26.4. The van der Waals surface area contributed by atoms with Crippen LogP contribution in [0.5, 0.6) is 0 Å². The highest BCUT2D eigenvalue weighted by atomic mass is 19.1. The molecule has 1 unspecified atom stereocenters. The van der Waals surface area contributed by atoms with Crippen molar-refractivity contribution in [1.82, 2.24) is 78.2 Å². The van der Waals surface area contributed by atoms with E-state index in [0.29, 0.717) is 99.4 Å². The van der Waals surface area contributed by atoms with Crippen LogP contribution >= 0.6 is 0 Å². The largest absolute Gasteiger partial charge is 0.451 e. The summed E-state index contributed by atoms with van der Waals surface area (Å²) < 4.78 is 54.4. The van der Waals surface area contributed by atoms with Gasteiger partial charge in [0.1, 0.15) is 60.5 Å². The Morgan fingerprint density at radius 1 is 0.388 bits per heavy atom. The van der Waals surface area contributed by atoms with Crippen molar-refractivity contribution in [1.29, 1.82) is 0 Å². The maximum Gasteiger partial charge on any atom is 0.321 e. The number of cyclic esters (lactones) is 3. The molecule has 1 saturated carbocycles. The minimum absolute atomic E-state index is 0.0125. The maximum absolute atomic E-state index is 14.0. The summed E-state index contributed by atoms with van der Waals surface area (Å²) in [6.07, 6.45) is 13.9. The molecule has 3 aromatic heterocycles. The summed E-state index contributed by atoms with van der Waals surface area (Å²) in [5, 5.41) is 24.1. The van der Waals surface area contributed by atoms with Gasteiger partial charge in [-0.25, -0.2) is 20.7 Å². The van der Waals surface area contributed by atoms with Crippen LogP contribution in [0.25, 0.3) is 50.9 Å². The van der Waals surface area contributed by atoms with Crippen molar-refractivity contribution in [3.05, 3.63) is 143 Å². The number of hydrazine groups is 3. The fourth-order valence-corrected chi connectivity index (χ4v) is 17.6. The molecule has 0 radical (unpaired) electrons. The van der Waals surface area contributed by atoms with Crippen LogP contribution in [0, 0.1) is 39.9 Å². The van der Waals surface area contributed by atoms with Crippen LogP contribution in [0.3, 0.4) is 0 Å². The number of hydrogen-bond donors (Lipinski definition) is 9. The van der Waals surface area contributed by atoms with Gasteiger partial charge in [-0.3, -0.25) is 87.5 Å². The van der Waals surface area contributed by atoms with Crippen molar-refractivity contribution in [3.8, 4) is 0 Å². The van der Waals surface area contributed by atoms with E-state index >= 15 is 0 Å². The minimum Gasteiger partial charge on any atom is -0.451 e. The Kier molecular flexibility index (Phi) is 32.3. The third kappa shape index (κ3) is 23.5. The molecule has 134 heavy (non-hydrogen) atoms. The highest BCUT2D eigenvalue weighted by molar-refractivity contribution is 5.96. The highest BCUT2D eigenvalue weighted by Gasteiger charge is 2.51. The van der Waals surface area contributed by atoms with Crippen LogP contribution in [0.4, 0.5) is 4.39 Å². The summed E-state index contributed by atoms with van der Waals surface area (Å²) in [5.74, 6) is -7.73. The second kappa shape index (κ2) is 43.4. The van der Waals surface area contributed by atoms with Crippen LogP contribution in [-0.4, -0.2) is 221 Å². The van der Waals surface area contributed by atoms with Gasteiger partial charge in [-0.15, -0.1) is 0 Å². The zero-order chi connectivity index (χ0) is 96.3. The van der Waals surface area contributed by atoms with Gasteiger partial charge in [-0.1, -0.05) is 146 Å². The number of pyridine rings is 3. The molecule has 9 amide bonds. The van der Waals surface area contributed by atoms with Crippen molar-refractivity contribution in [2.24, 2.45) is 39.9 Å². The topological polar surface area (TPSA) is 426 Å². The second-order valence-electron chi connectivity index (χ2n) is 38.0. The number of carbonyl (C=O) groups is 12. The standard InChI is InChI=1S/C34H44FN5O7.C34H45N5O5.C31H39N5O7/c1-6-34(17-35)45-18-33(19-46-34)14-13-23-9-10-24-11-12-25(38-27(24)16-23)21(4)36-29(41)26-8-7-15-40(39-26)31(43)22(5)37-30(42)28(20(2)3)47-32(33)44;1-20(2)29-31(41)36-23(5)32(42)39-18-6-7-27(38-39)30(40)35-22(4)26-11-10-25-9-8-24(19-28(25)37-26)14-17-34(33(43)44-29)15-12-21(3)13-16-34;1-18(2)26-28(38)33-20(4)29(39)36-13-5-6-24(35-36)27(37)32-19(3)23-10-9-22-8-7-21(14-25(22)34-23)11-12-31(30(40)43-26)15-41-17-42-16-31/h9-14,16,20-22,26,28,39H,6-8,15,17-19H2,1-5H3,(H,36,41)(H,37,42);8-11,14,17,19-23,27,29,38H,6-7,12-13,15-16,18H2,1-5H3,(H,35,40)(H,36,41);7-12,14,18-20,24,26,35H,5-6,13,15-17H2,1-4H3,(H,32,37)(H,33,38)/b14-13+;17-14+;12-11+/t21-,22+,26+,28+,33?,34?;21?,22-,23+,27+,29-,34?;19?,20-,24-,26-/m110/s1. The molecule has 720 valence electrons. The molecule has 5 saturated heterocycles. The number of benzene rings is 3. The normalized spacial score (nSPS) is 30.5. The summed E-state index contributed by atoms with van der Waals surface area (Å²) in [4.78, 5) is 176. The van der Waals surface area contributed by atoms with Gasteiger partial charge in [0, 0.05) is 42.2 Å². The summed E-state index contributed by atoms with van der Waals surface area (Å²) in [5.41, 5.74) is 12.0. The zero-order valence-corrected chi connectivity index (χ0v) is 78.8. The Morgan fingerprint density at radius 3 is 1.00 bits per heavy atom. The van der Waals surface area contributed by atoms with E-state index in [1.54, 1.807) is 72.8 Å². The highest BCUT2D eigenvalue weighted by Crippen LogP contribution is 2.44. The van der Waals surface area contributed by atoms with E-state index in [0.717, 1.165) is 56.9 Å². The van der Waals surface area contributed by atoms with Gasteiger partial charge in [0.25, 0.3) is 35.4 Å². The molecule has 1 aliphatic carbocycles. The molecule has 12 atom stereocenters. The van der Waals surface area contributed by atoms with E-state index in [2.05, 4.69) is 55.1 Å². The summed E-state index contributed by atoms with van der Waals surface area (Å²) in [7, 11) is 0. The fraction of sp³-hybridized carbons (Fsp3) is 0.545. The number of nitrogens with zero attached hydrogens (tertiary/aromatic N) is 6. The maximum atomic E-state index is 14.0. The molecule has 34 nitrogen and oxygen atoms in total. The van der Waals surface area contributed by atoms with Crippen LogP contribution in [-0.2, 0) is 90.7 Å². The molecule has 11 heterocycles. The number of alkyl halides is 1. The summed E-state index contributed by atoms with van der Waals surface area (Å²) in [6, 6.07) is 22.9. The number of nitrogens with one attached hydrogen (secondary N) is 9. The first-order chi connectivity index (χ1) is 63.9. The number of hydrogen-bond acceptors (Lipinski definition) is 25. The molecule has 8 aliphatic heterocycles. The van der Waals surface area contributed by atoms with E-state index in [9.17, 15) is 61.9 Å². The zero-order valence-electron chi connectivity index (χ0n) is 78.8. The number of rotatable bonds is 5. The predicted octanol–water partition coefficient (Wildman–Crippen LogP) is 9.32. The Balaban J connectivity index is 0.000000171. The lowest BCUT2D eigenvalue weighted by molar-refractivity contribution is -0.301. The lowest BCUT2D eigenvalue weighted by Crippen LogP contribution is -2.61. The Hall–Kier alpha value is -11.6. The molecule has 9 N–H and O–H groups in total. The van der Waals surface area contributed by atoms with Gasteiger partial charge >= 0.3 is 17.9 Å². The molecular weight excluding hydrogens is 1720 g/mol. The average molecular weight is 1850 g/mol. The first kappa shape index (κ1) is 99.9. The first-order valence-electron chi connectivity index (χ1n) is 46.9. The van der Waals surface area contributed by atoms with Crippen LogP contribution < -0.4 is 48.2 Å². The number of aromatic nitrogens is 3. The van der Waals surface area contributed by atoms with Gasteiger partial charge in [-0.2, -0.15) is 0 Å². The minimum atomic E-state index is -1.50. The van der Waals surface area contributed by atoms with E-state index < -0.39 is 143 Å². The fourth-order valence-electron chi connectivity index (χ4n) is 17.6. The lowest BCUT2D eigenvalue weighted by Gasteiger charge is -2.42. The van der Waals surface area contributed by atoms with Crippen molar-refractivity contribution in [2.75, 3.05) is 59.5 Å². The number of carbonyl (C=O) groups excluding carboxylic acids is 12. The second-order valence-corrected chi connectivity index (χ2v) is 38.0. The number of halogens is 1. The van der Waals surface area contributed by atoms with Crippen molar-refractivity contribution in [3.63, 3.8) is 0 Å². The molecule has 3 aromatic carbocycles. The van der Waals surface area contributed by atoms with Gasteiger partial charge in [0.05, 0.1) is 83.6 Å². The lowest BCUT2D eigenvalue weighted by atomic mass is 9.70. The number of fused-ring (bicyclic) bond motifs is 12. The quantitative estimate of drug-likeness (QED) is 0.0573. The molecule has 3 spiro atoms.